The first-order valence-electron chi connectivity index (χ1n) is 7.42. The first-order chi connectivity index (χ1) is 10.9. The standard InChI is InChI=1S/C18H22FN3O/c1-13(23)22(11-14-4-6-16(19)7-5-14)12-15-10-17(20)8-9-18(15)21(2)3/h4-10H,11-12,20H2,1-3H3. The van der Waals surface area contributed by atoms with Crippen LogP contribution in [0.2, 0.25) is 0 Å². The van der Waals surface area contributed by atoms with Gasteiger partial charge in [-0.15, -0.1) is 0 Å². The van der Waals surface area contributed by atoms with Gasteiger partial charge in [-0.3, -0.25) is 4.79 Å². The normalized spacial score (nSPS) is 10.4. The molecule has 0 atom stereocenters. The molecule has 0 spiro atoms. The van der Waals surface area contributed by atoms with Crippen LogP contribution in [0.5, 0.6) is 0 Å². The zero-order valence-corrected chi connectivity index (χ0v) is 13.7. The number of rotatable bonds is 5. The smallest absolute Gasteiger partial charge is 0.220 e. The van der Waals surface area contributed by atoms with Gasteiger partial charge >= 0.3 is 0 Å². The third kappa shape index (κ3) is 4.45. The van der Waals surface area contributed by atoms with Gasteiger partial charge in [-0.25, -0.2) is 4.39 Å². The highest BCUT2D eigenvalue weighted by molar-refractivity contribution is 5.73. The lowest BCUT2D eigenvalue weighted by Gasteiger charge is -2.25. The molecule has 2 N–H and O–H groups in total. The summed E-state index contributed by atoms with van der Waals surface area (Å²) in [6, 6.07) is 11.9. The molecule has 0 bridgehead atoms. The van der Waals surface area contributed by atoms with Crippen LogP contribution in [0.25, 0.3) is 0 Å². The lowest BCUT2D eigenvalue weighted by Crippen LogP contribution is -2.28. The van der Waals surface area contributed by atoms with Crippen LogP contribution in [0, 0.1) is 5.82 Å². The molecule has 0 aliphatic heterocycles. The van der Waals surface area contributed by atoms with Crippen LogP contribution in [-0.2, 0) is 17.9 Å². The third-order valence-corrected chi connectivity index (χ3v) is 3.68. The summed E-state index contributed by atoms with van der Waals surface area (Å²) in [6.07, 6.45) is 0. The first kappa shape index (κ1) is 16.8. The average Bonchev–Trinajstić information content (AvgIpc) is 2.48. The molecule has 2 aromatic rings. The van der Waals surface area contributed by atoms with Gasteiger partial charge in [-0.1, -0.05) is 12.1 Å². The fraction of sp³-hybridized carbons (Fsp3) is 0.278. The zero-order chi connectivity index (χ0) is 17.0. The number of hydrogen-bond donors (Lipinski definition) is 1. The molecule has 0 unspecified atom stereocenters. The maximum absolute atomic E-state index is 13.0. The third-order valence-electron chi connectivity index (χ3n) is 3.68. The molecule has 0 radical (unpaired) electrons. The van der Waals surface area contributed by atoms with Crippen molar-refractivity contribution >= 4 is 17.3 Å². The number of nitrogens with zero attached hydrogens (tertiary/aromatic N) is 2. The highest BCUT2D eigenvalue weighted by Gasteiger charge is 2.14. The zero-order valence-electron chi connectivity index (χ0n) is 13.7. The molecular formula is C18H22FN3O. The molecule has 0 saturated carbocycles. The van der Waals surface area contributed by atoms with Crippen LogP contribution in [0.3, 0.4) is 0 Å². The number of amides is 1. The molecule has 1 amide bonds. The van der Waals surface area contributed by atoms with Crippen molar-refractivity contribution < 1.29 is 9.18 Å². The van der Waals surface area contributed by atoms with Gasteiger partial charge in [0, 0.05) is 45.5 Å². The number of nitrogen functional groups attached to an aromatic ring is 1. The summed E-state index contributed by atoms with van der Waals surface area (Å²) >= 11 is 0. The van der Waals surface area contributed by atoms with E-state index in [1.54, 1.807) is 17.0 Å². The molecule has 0 aliphatic rings. The van der Waals surface area contributed by atoms with Crippen molar-refractivity contribution in [3.63, 3.8) is 0 Å². The number of halogens is 1. The maximum Gasteiger partial charge on any atom is 0.220 e. The van der Waals surface area contributed by atoms with E-state index in [-0.39, 0.29) is 11.7 Å². The molecule has 0 heterocycles. The molecule has 0 fully saturated rings. The Morgan fingerprint density at radius 3 is 2.30 bits per heavy atom. The summed E-state index contributed by atoms with van der Waals surface area (Å²) in [5.41, 5.74) is 9.43. The Kier molecular flexibility index (Phi) is 5.21. The van der Waals surface area contributed by atoms with E-state index in [0.29, 0.717) is 18.8 Å². The fourth-order valence-electron chi connectivity index (χ4n) is 2.46. The van der Waals surface area contributed by atoms with Gasteiger partial charge in [-0.2, -0.15) is 0 Å². The number of carbonyl (C=O) groups excluding carboxylic acids is 1. The molecule has 5 heteroatoms. The quantitative estimate of drug-likeness (QED) is 0.863. The molecule has 0 aromatic heterocycles. The van der Waals surface area contributed by atoms with E-state index < -0.39 is 0 Å². The van der Waals surface area contributed by atoms with Crippen LogP contribution in [0.15, 0.2) is 42.5 Å². The first-order valence-corrected chi connectivity index (χ1v) is 7.42. The molecule has 122 valence electrons. The van der Waals surface area contributed by atoms with Crippen LogP contribution in [-0.4, -0.2) is 24.9 Å². The Balaban J connectivity index is 2.24. The van der Waals surface area contributed by atoms with E-state index >= 15 is 0 Å². The number of anilines is 2. The van der Waals surface area contributed by atoms with E-state index in [1.807, 2.05) is 37.2 Å². The molecular weight excluding hydrogens is 293 g/mol. The number of benzene rings is 2. The number of carbonyl (C=O) groups is 1. The monoisotopic (exact) mass is 315 g/mol. The predicted molar refractivity (Wildman–Crippen MR) is 91.5 cm³/mol. The molecule has 4 nitrogen and oxygen atoms in total. The fourth-order valence-corrected chi connectivity index (χ4v) is 2.46. The Morgan fingerprint density at radius 1 is 1.09 bits per heavy atom. The van der Waals surface area contributed by atoms with E-state index in [4.69, 9.17) is 5.73 Å². The summed E-state index contributed by atoms with van der Waals surface area (Å²) in [5.74, 6) is -0.324. The van der Waals surface area contributed by atoms with Crippen LogP contribution >= 0.6 is 0 Å². The van der Waals surface area contributed by atoms with Gasteiger partial charge in [0.1, 0.15) is 5.82 Å². The second-order valence-corrected chi connectivity index (χ2v) is 5.78. The maximum atomic E-state index is 13.0. The van der Waals surface area contributed by atoms with Crippen molar-refractivity contribution in [2.24, 2.45) is 0 Å². The van der Waals surface area contributed by atoms with Gasteiger partial charge in [0.15, 0.2) is 0 Å². The van der Waals surface area contributed by atoms with E-state index in [2.05, 4.69) is 0 Å². The minimum atomic E-state index is -0.283. The molecule has 2 rings (SSSR count). The van der Waals surface area contributed by atoms with Gasteiger partial charge in [-0.05, 0) is 41.5 Å². The van der Waals surface area contributed by atoms with Crippen LogP contribution < -0.4 is 10.6 Å². The van der Waals surface area contributed by atoms with Crippen LogP contribution in [0.4, 0.5) is 15.8 Å². The van der Waals surface area contributed by atoms with Gasteiger partial charge < -0.3 is 15.5 Å². The van der Waals surface area contributed by atoms with Crippen molar-refractivity contribution in [3.05, 3.63) is 59.4 Å². The van der Waals surface area contributed by atoms with E-state index in [1.165, 1.54) is 19.1 Å². The topological polar surface area (TPSA) is 49.6 Å². The van der Waals surface area contributed by atoms with Crippen molar-refractivity contribution in [1.29, 1.82) is 0 Å². The Labute approximate surface area is 136 Å². The van der Waals surface area contributed by atoms with Gasteiger partial charge in [0.05, 0.1) is 0 Å². The van der Waals surface area contributed by atoms with Crippen LogP contribution in [0.1, 0.15) is 18.1 Å². The Bertz CT molecular complexity index is 683. The summed E-state index contributed by atoms with van der Waals surface area (Å²) < 4.78 is 13.0. The van der Waals surface area contributed by atoms with Gasteiger partial charge in [0.2, 0.25) is 5.91 Å². The molecule has 2 aromatic carbocycles. The van der Waals surface area contributed by atoms with Crippen molar-refractivity contribution in [1.82, 2.24) is 4.90 Å². The lowest BCUT2D eigenvalue weighted by atomic mass is 10.1. The highest BCUT2D eigenvalue weighted by atomic mass is 19.1. The highest BCUT2D eigenvalue weighted by Crippen LogP contribution is 2.24. The Hall–Kier alpha value is -2.56. The predicted octanol–water partition coefficient (Wildman–Crippen LogP) is 3.02. The average molecular weight is 315 g/mol. The summed E-state index contributed by atoms with van der Waals surface area (Å²) in [4.78, 5) is 15.7. The largest absolute Gasteiger partial charge is 0.399 e. The number of hydrogen-bond acceptors (Lipinski definition) is 3. The number of nitrogens with two attached hydrogens (primary N) is 1. The second kappa shape index (κ2) is 7.13. The minimum Gasteiger partial charge on any atom is -0.399 e. The van der Waals surface area contributed by atoms with E-state index in [0.717, 1.165) is 16.8 Å². The van der Waals surface area contributed by atoms with Gasteiger partial charge in [0.25, 0.3) is 0 Å². The SMILES string of the molecule is CC(=O)N(Cc1ccc(F)cc1)Cc1cc(N)ccc1N(C)C. The summed E-state index contributed by atoms with van der Waals surface area (Å²) in [5, 5.41) is 0. The lowest BCUT2D eigenvalue weighted by molar-refractivity contribution is -0.130. The summed E-state index contributed by atoms with van der Waals surface area (Å²) in [7, 11) is 3.90. The molecule has 0 saturated heterocycles. The van der Waals surface area contributed by atoms with E-state index in [9.17, 15) is 9.18 Å². The summed E-state index contributed by atoms with van der Waals surface area (Å²) in [6.45, 7) is 2.41. The molecule has 23 heavy (non-hydrogen) atoms. The van der Waals surface area contributed by atoms with Crippen molar-refractivity contribution in [2.75, 3.05) is 24.7 Å². The Morgan fingerprint density at radius 2 is 1.74 bits per heavy atom. The van der Waals surface area contributed by atoms with Crippen molar-refractivity contribution in [2.45, 2.75) is 20.0 Å². The molecule has 0 aliphatic carbocycles. The second-order valence-electron chi connectivity index (χ2n) is 5.78. The minimum absolute atomic E-state index is 0.0403. The van der Waals surface area contributed by atoms with Crippen molar-refractivity contribution in [3.8, 4) is 0 Å².